The average Bonchev–Trinajstić information content (AvgIpc) is 2.26. The molecular weight excluding hydrogens is 262 g/mol. The smallest absolute Gasteiger partial charge is 0.237 e. The van der Waals surface area contributed by atoms with Crippen LogP contribution in [0.25, 0.3) is 0 Å². The molecule has 0 aliphatic rings. The maximum absolute atomic E-state index is 13.6. The van der Waals surface area contributed by atoms with Crippen molar-refractivity contribution in [3.8, 4) is 0 Å². The SMILES string of the molecule is C[C@H](N[C@H](C)c1ccc(F)cc1F)C(=O)NC(C)(C)C. The van der Waals surface area contributed by atoms with Crippen LogP contribution >= 0.6 is 0 Å². The van der Waals surface area contributed by atoms with Crippen LogP contribution in [0.15, 0.2) is 18.2 Å². The van der Waals surface area contributed by atoms with Crippen molar-refractivity contribution in [2.75, 3.05) is 0 Å². The van der Waals surface area contributed by atoms with Gasteiger partial charge in [0.15, 0.2) is 0 Å². The van der Waals surface area contributed by atoms with Gasteiger partial charge in [-0.05, 0) is 40.7 Å². The third-order valence-electron chi connectivity index (χ3n) is 2.82. The molecule has 0 radical (unpaired) electrons. The van der Waals surface area contributed by atoms with E-state index in [-0.39, 0.29) is 11.4 Å². The van der Waals surface area contributed by atoms with Crippen LogP contribution in [0.2, 0.25) is 0 Å². The highest BCUT2D eigenvalue weighted by molar-refractivity contribution is 5.81. The van der Waals surface area contributed by atoms with Gasteiger partial charge in [0.05, 0.1) is 6.04 Å². The first-order valence-electron chi connectivity index (χ1n) is 6.63. The molecule has 112 valence electrons. The zero-order valence-electron chi connectivity index (χ0n) is 12.6. The van der Waals surface area contributed by atoms with Crippen molar-refractivity contribution >= 4 is 5.91 Å². The summed E-state index contributed by atoms with van der Waals surface area (Å²) < 4.78 is 26.5. The van der Waals surface area contributed by atoms with Crippen molar-refractivity contribution < 1.29 is 13.6 Å². The number of benzene rings is 1. The Kier molecular flexibility index (Phi) is 5.22. The quantitative estimate of drug-likeness (QED) is 0.892. The second-order valence-corrected chi connectivity index (χ2v) is 6.02. The minimum absolute atomic E-state index is 0.160. The van der Waals surface area contributed by atoms with E-state index in [0.29, 0.717) is 5.56 Å². The molecule has 0 aliphatic heterocycles. The van der Waals surface area contributed by atoms with Gasteiger partial charge in [0.2, 0.25) is 5.91 Å². The van der Waals surface area contributed by atoms with Gasteiger partial charge in [-0.3, -0.25) is 10.1 Å². The number of hydrogen-bond donors (Lipinski definition) is 2. The van der Waals surface area contributed by atoms with Crippen LogP contribution in [0.4, 0.5) is 8.78 Å². The van der Waals surface area contributed by atoms with Gasteiger partial charge in [-0.15, -0.1) is 0 Å². The molecule has 1 aromatic carbocycles. The van der Waals surface area contributed by atoms with Crippen LogP contribution in [0.5, 0.6) is 0 Å². The van der Waals surface area contributed by atoms with E-state index in [1.54, 1.807) is 13.8 Å². The van der Waals surface area contributed by atoms with Crippen LogP contribution < -0.4 is 10.6 Å². The molecular formula is C15H22F2N2O. The fourth-order valence-corrected chi connectivity index (χ4v) is 1.87. The highest BCUT2D eigenvalue weighted by atomic mass is 19.1. The Morgan fingerprint density at radius 3 is 2.30 bits per heavy atom. The molecule has 0 bridgehead atoms. The first-order chi connectivity index (χ1) is 9.10. The Labute approximate surface area is 118 Å². The lowest BCUT2D eigenvalue weighted by molar-refractivity contribution is -0.124. The molecule has 0 saturated carbocycles. The van der Waals surface area contributed by atoms with Gasteiger partial charge in [-0.2, -0.15) is 0 Å². The van der Waals surface area contributed by atoms with Gasteiger partial charge in [-0.1, -0.05) is 6.07 Å². The van der Waals surface area contributed by atoms with E-state index in [1.165, 1.54) is 12.1 Å². The van der Waals surface area contributed by atoms with Gasteiger partial charge in [-0.25, -0.2) is 8.78 Å². The fourth-order valence-electron chi connectivity index (χ4n) is 1.87. The van der Waals surface area contributed by atoms with E-state index in [2.05, 4.69) is 10.6 Å². The number of halogens is 2. The molecule has 0 unspecified atom stereocenters. The first kappa shape index (κ1) is 16.6. The van der Waals surface area contributed by atoms with Crippen LogP contribution in [0, 0.1) is 11.6 Å². The average molecular weight is 284 g/mol. The van der Waals surface area contributed by atoms with E-state index < -0.39 is 23.7 Å². The summed E-state index contributed by atoms with van der Waals surface area (Å²) in [5.41, 5.74) is 0.0130. The monoisotopic (exact) mass is 284 g/mol. The molecule has 2 N–H and O–H groups in total. The summed E-state index contributed by atoms with van der Waals surface area (Å²) in [5, 5.41) is 5.85. The Morgan fingerprint density at radius 2 is 1.80 bits per heavy atom. The molecule has 0 aliphatic carbocycles. The lowest BCUT2D eigenvalue weighted by atomic mass is 10.1. The summed E-state index contributed by atoms with van der Waals surface area (Å²) in [4.78, 5) is 11.9. The van der Waals surface area contributed by atoms with Crippen LogP contribution in [0.3, 0.4) is 0 Å². The number of amides is 1. The number of carbonyl (C=O) groups is 1. The third kappa shape index (κ3) is 4.89. The standard InChI is InChI=1S/C15H22F2N2O/c1-9(12-7-6-11(16)8-13(12)17)18-10(2)14(20)19-15(3,4)5/h6-10,18H,1-5H3,(H,19,20)/t9-,10+/m1/s1. The maximum atomic E-state index is 13.6. The summed E-state index contributed by atoms with van der Waals surface area (Å²) in [7, 11) is 0. The summed E-state index contributed by atoms with van der Waals surface area (Å²) in [6.45, 7) is 9.11. The highest BCUT2D eigenvalue weighted by Crippen LogP contribution is 2.18. The molecule has 1 rings (SSSR count). The number of hydrogen-bond acceptors (Lipinski definition) is 2. The zero-order chi connectivity index (χ0) is 15.5. The second-order valence-electron chi connectivity index (χ2n) is 6.02. The lowest BCUT2D eigenvalue weighted by Gasteiger charge is -2.25. The van der Waals surface area contributed by atoms with E-state index in [4.69, 9.17) is 0 Å². The summed E-state index contributed by atoms with van der Waals surface area (Å²) >= 11 is 0. The highest BCUT2D eigenvalue weighted by Gasteiger charge is 2.21. The molecule has 0 saturated heterocycles. The van der Waals surface area contributed by atoms with Gasteiger partial charge in [0.1, 0.15) is 11.6 Å². The largest absolute Gasteiger partial charge is 0.350 e. The van der Waals surface area contributed by atoms with E-state index >= 15 is 0 Å². The first-order valence-corrected chi connectivity index (χ1v) is 6.63. The predicted octanol–water partition coefficient (Wildman–Crippen LogP) is 2.92. The Balaban J connectivity index is 2.70. The Morgan fingerprint density at radius 1 is 1.20 bits per heavy atom. The molecule has 3 nitrogen and oxygen atoms in total. The number of rotatable bonds is 4. The van der Waals surface area contributed by atoms with Crippen LogP contribution in [0.1, 0.15) is 46.2 Å². The van der Waals surface area contributed by atoms with E-state index in [0.717, 1.165) is 6.07 Å². The van der Waals surface area contributed by atoms with Gasteiger partial charge in [0.25, 0.3) is 0 Å². The zero-order valence-corrected chi connectivity index (χ0v) is 12.6. The van der Waals surface area contributed by atoms with Crippen LogP contribution in [-0.2, 0) is 4.79 Å². The minimum Gasteiger partial charge on any atom is -0.350 e. The van der Waals surface area contributed by atoms with Gasteiger partial charge >= 0.3 is 0 Å². The number of nitrogens with one attached hydrogen (secondary N) is 2. The molecule has 1 amide bonds. The van der Waals surface area contributed by atoms with Gasteiger partial charge in [0, 0.05) is 23.2 Å². The molecule has 0 fully saturated rings. The predicted molar refractivity (Wildman–Crippen MR) is 75.3 cm³/mol. The topological polar surface area (TPSA) is 41.1 Å². The Hall–Kier alpha value is -1.49. The summed E-state index contributed by atoms with van der Waals surface area (Å²) in [5.74, 6) is -1.39. The molecule has 5 heteroatoms. The third-order valence-corrected chi connectivity index (χ3v) is 2.82. The molecule has 2 atom stereocenters. The van der Waals surface area contributed by atoms with Crippen LogP contribution in [-0.4, -0.2) is 17.5 Å². The molecule has 0 aromatic heterocycles. The molecule has 0 spiro atoms. The molecule has 1 aromatic rings. The normalized spacial score (nSPS) is 14.8. The van der Waals surface area contributed by atoms with Crippen molar-refractivity contribution in [3.63, 3.8) is 0 Å². The van der Waals surface area contributed by atoms with Crippen molar-refractivity contribution in [1.82, 2.24) is 10.6 Å². The van der Waals surface area contributed by atoms with Crippen molar-refractivity contribution in [2.45, 2.75) is 52.2 Å². The van der Waals surface area contributed by atoms with Crippen molar-refractivity contribution in [2.24, 2.45) is 0 Å². The maximum Gasteiger partial charge on any atom is 0.237 e. The van der Waals surface area contributed by atoms with Gasteiger partial charge < -0.3 is 5.32 Å². The summed E-state index contributed by atoms with van der Waals surface area (Å²) in [6, 6.07) is 2.56. The minimum atomic E-state index is -0.617. The summed E-state index contributed by atoms with van der Waals surface area (Å²) in [6.07, 6.45) is 0. The van der Waals surface area contributed by atoms with E-state index in [9.17, 15) is 13.6 Å². The van der Waals surface area contributed by atoms with Crippen molar-refractivity contribution in [1.29, 1.82) is 0 Å². The lowest BCUT2D eigenvalue weighted by Crippen LogP contribution is -2.50. The number of carbonyl (C=O) groups excluding carboxylic acids is 1. The fraction of sp³-hybridized carbons (Fsp3) is 0.533. The van der Waals surface area contributed by atoms with Crippen molar-refractivity contribution in [3.05, 3.63) is 35.4 Å². The second kappa shape index (κ2) is 6.31. The Bertz CT molecular complexity index is 483. The molecule has 0 heterocycles. The van der Waals surface area contributed by atoms with E-state index in [1.807, 2.05) is 20.8 Å². The molecule has 20 heavy (non-hydrogen) atoms.